The first-order chi connectivity index (χ1) is 9.72. The van der Waals surface area contributed by atoms with Gasteiger partial charge in [0, 0.05) is 20.0 Å². The van der Waals surface area contributed by atoms with E-state index in [2.05, 4.69) is 5.32 Å². The Morgan fingerprint density at radius 1 is 1.43 bits per heavy atom. The molecule has 1 heterocycles. The first-order valence-corrected chi connectivity index (χ1v) is 8.28. The lowest BCUT2D eigenvalue weighted by molar-refractivity contribution is -0.120. The van der Waals surface area contributed by atoms with Gasteiger partial charge in [0.15, 0.2) is 0 Å². The second-order valence-electron chi connectivity index (χ2n) is 3.71. The number of hydrogen-bond donors (Lipinski definition) is 1. The molecule has 10 heteroatoms. The van der Waals surface area contributed by atoms with E-state index in [1.807, 2.05) is 0 Å². The highest BCUT2D eigenvalue weighted by Gasteiger charge is 2.32. The van der Waals surface area contributed by atoms with E-state index in [1.165, 1.54) is 32.4 Å². The summed E-state index contributed by atoms with van der Waals surface area (Å²) in [6.07, 6.45) is 2.77. The zero-order chi connectivity index (χ0) is 16.1. The van der Waals surface area contributed by atoms with Gasteiger partial charge in [0.1, 0.15) is 11.8 Å². The van der Waals surface area contributed by atoms with E-state index in [1.54, 1.807) is 12.1 Å². The van der Waals surface area contributed by atoms with Crippen LogP contribution in [-0.2, 0) is 18.4 Å². The summed E-state index contributed by atoms with van der Waals surface area (Å²) in [4.78, 5) is 11.7. The Hall–Kier alpha value is -0.490. The van der Waals surface area contributed by atoms with Crippen LogP contribution in [0.5, 0.6) is 0 Å². The average molecular weight is 377 g/mol. The first-order valence-electron chi connectivity index (χ1n) is 5.53. The second-order valence-corrected chi connectivity index (χ2v) is 8.10. The van der Waals surface area contributed by atoms with Gasteiger partial charge in [-0.05, 0) is 18.2 Å². The van der Waals surface area contributed by atoms with Crippen LogP contribution in [-0.4, -0.2) is 23.9 Å². The van der Waals surface area contributed by atoms with Crippen LogP contribution in [0.15, 0.2) is 34.7 Å². The number of carbonyl (C=O) groups is 1. The zero-order valence-electron chi connectivity index (χ0n) is 11.1. The van der Waals surface area contributed by atoms with Gasteiger partial charge in [0.2, 0.25) is 0 Å². The molecule has 0 aliphatic heterocycles. The highest BCUT2D eigenvalue weighted by Crippen LogP contribution is 2.48. The molecule has 0 aromatic carbocycles. The van der Waals surface area contributed by atoms with Gasteiger partial charge in [-0.15, -0.1) is 0 Å². The zero-order valence-corrected chi connectivity index (χ0v) is 14.2. The standard InChI is InChI=1S/C11H13Cl3NO5P/c1-18-21(17,19-2)7-5-8(9-4-3-6-20-9)15-10(16)11(12,13)14/h3-8H,1-2H3,(H,15,16)/b7-5+. The van der Waals surface area contributed by atoms with Crippen molar-refractivity contribution in [1.29, 1.82) is 0 Å². The molecule has 6 nitrogen and oxygen atoms in total. The molecule has 0 spiro atoms. The Labute approximate surface area is 136 Å². The number of furan rings is 1. The highest BCUT2D eigenvalue weighted by molar-refractivity contribution is 7.57. The van der Waals surface area contributed by atoms with Crippen molar-refractivity contribution >= 4 is 48.3 Å². The van der Waals surface area contributed by atoms with Crippen LogP contribution in [0, 0.1) is 0 Å². The summed E-state index contributed by atoms with van der Waals surface area (Å²) in [6, 6.07) is 2.41. The molecule has 1 N–H and O–H groups in total. The lowest BCUT2D eigenvalue weighted by Crippen LogP contribution is -2.36. The first kappa shape index (κ1) is 18.6. The van der Waals surface area contributed by atoms with Crippen LogP contribution in [0.4, 0.5) is 0 Å². The number of hydrogen-bond acceptors (Lipinski definition) is 5. The fourth-order valence-electron chi connectivity index (χ4n) is 1.29. The summed E-state index contributed by atoms with van der Waals surface area (Å²) in [5.41, 5.74) is 0. The summed E-state index contributed by atoms with van der Waals surface area (Å²) in [7, 11) is -0.928. The topological polar surface area (TPSA) is 77.8 Å². The van der Waals surface area contributed by atoms with Gasteiger partial charge >= 0.3 is 7.60 Å². The average Bonchev–Trinajstić information content (AvgIpc) is 2.95. The molecular formula is C11H13Cl3NO5P. The van der Waals surface area contributed by atoms with E-state index in [-0.39, 0.29) is 0 Å². The van der Waals surface area contributed by atoms with E-state index in [9.17, 15) is 9.36 Å². The Kier molecular flexibility index (Phi) is 6.78. The minimum Gasteiger partial charge on any atom is -0.467 e. The predicted octanol–water partition coefficient (Wildman–Crippen LogP) is 3.81. The van der Waals surface area contributed by atoms with Gasteiger partial charge in [0.25, 0.3) is 9.70 Å². The van der Waals surface area contributed by atoms with Crippen molar-refractivity contribution in [2.24, 2.45) is 0 Å². The summed E-state index contributed by atoms with van der Waals surface area (Å²) in [5, 5.41) is 2.43. The molecule has 118 valence electrons. The van der Waals surface area contributed by atoms with Crippen molar-refractivity contribution in [3.8, 4) is 0 Å². The van der Waals surface area contributed by atoms with E-state index < -0.39 is 23.3 Å². The molecule has 0 saturated heterocycles. The molecule has 1 aromatic heterocycles. The molecule has 21 heavy (non-hydrogen) atoms. The number of amides is 1. The van der Waals surface area contributed by atoms with Gasteiger partial charge in [0.05, 0.1) is 6.26 Å². The number of halogens is 3. The number of rotatable bonds is 6. The van der Waals surface area contributed by atoms with Gasteiger partial charge in [-0.25, -0.2) is 0 Å². The third-order valence-electron chi connectivity index (χ3n) is 2.36. The quantitative estimate of drug-likeness (QED) is 0.603. The molecule has 0 aliphatic rings. The minimum absolute atomic E-state index is 0.354. The minimum atomic E-state index is -3.39. The second kappa shape index (κ2) is 7.68. The Morgan fingerprint density at radius 2 is 2.05 bits per heavy atom. The Bertz CT molecular complexity index is 533. The fourth-order valence-corrected chi connectivity index (χ4v) is 2.23. The molecule has 1 aromatic rings. The van der Waals surface area contributed by atoms with Crippen LogP contribution >= 0.6 is 42.4 Å². The highest BCUT2D eigenvalue weighted by atomic mass is 35.6. The van der Waals surface area contributed by atoms with Crippen LogP contribution in [0.2, 0.25) is 0 Å². The van der Waals surface area contributed by atoms with E-state index >= 15 is 0 Å². The monoisotopic (exact) mass is 375 g/mol. The lowest BCUT2D eigenvalue weighted by Gasteiger charge is -2.17. The largest absolute Gasteiger partial charge is 0.467 e. The number of nitrogens with one attached hydrogen (secondary N) is 1. The van der Waals surface area contributed by atoms with Gasteiger partial charge < -0.3 is 18.8 Å². The Morgan fingerprint density at radius 3 is 2.48 bits per heavy atom. The van der Waals surface area contributed by atoms with Crippen LogP contribution < -0.4 is 5.32 Å². The van der Waals surface area contributed by atoms with Crippen LogP contribution in [0.3, 0.4) is 0 Å². The Balaban J connectivity index is 2.98. The van der Waals surface area contributed by atoms with Crippen LogP contribution in [0.1, 0.15) is 11.8 Å². The normalized spacial score (nSPS) is 14.3. The number of alkyl halides is 3. The van der Waals surface area contributed by atoms with Crippen molar-refractivity contribution in [2.75, 3.05) is 14.2 Å². The maximum absolute atomic E-state index is 12.0. The third kappa shape index (κ3) is 5.66. The molecule has 1 rings (SSSR count). The van der Waals surface area contributed by atoms with Gasteiger partial charge in [-0.3, -0.25) is 9.36 Å². The molecule has 1 unspecified atom stereocenters. The maximum Gasteiger partial charge on any atom is 0.353 e. The van der Waals surface area contributed by atoms with Crippen LogP contribution in [0.25, 0.3) is 0 Å². The molecule has 0 bridgehead atoms. The van der Waals surface area contributed by atoms with Crippen molar-refractivity contribution in [3.63, 3.8) is 0 Å². The summed E-state index contributed by atoms with van der Waals surface area (Å²) in [5.74, 6) is 0.676. The molecule has 0 radical (unpaired) electrons. The molecule has 1 atom stereocenters. The SMILES string of the molecule is COP(=O)(/C=C/C(NC(=O)C(Cl)(Cl)Cl)c1ccco1)OC. The molecule has 0 aliphatic carbocycles. The smallest absolute Gasteiger partial charge is 0.353 e. The maximum atomic E-state index is 12.0. The van der Waals surface area contributed by atoms with Gasteiger partial charge in [-0.1, -0.05) is 34.8 Å². The molecule has 0 fully saturated rings. The summed E-state index contributed by atoms with van der Waals surface area (Å²) in [6.45, 7) is 0. The lowest BCUT2D eigenvalue weighted by atomic mass is 10.2. The van der Waals surface area contributed by atoms with Crippen molar-refractivity contribution in [3.05, 3.63) is 36.0 Å². The molecule has 0 saturated carbocycles. The van der Waals surface area contributed by atoms with Gasteiger partial charge in [-0.2, -0.15) is 0 Å². The van der Waals surface area contributed by atoms with E-state index in [0.717, 1.165) is 0 Å². The van der Waals surface area contributed by atoms with Crippen molar-refractivity contribution in [2.45, 2.75) is 9.83 Å². The molecule has 1 amide bonds. The number of carbonyl (C=O) groups excluding carboxylic acids is 1. The third-order valence-corrected chi connectivity index (χ3v) is 4.43. The van der Waals surface area contributed by atoms with Crippen molar-refractivity contribution in [1.82, 2.24) is 5.32 Å². The summed E-state index contributed by atoms with van der Waals surface area (Å²) < 4.78 is 24.5. The fraction of sp³-hybridized carbons (Fsp3) is 0.364. The predicted molar refractivity (Wildman–Crippen MR) is 80.6 cm³/mol. The van der Waals surface area contributed by atoms with E-state index in [4.69, 9.17) is 48.3 Å². The molecular weight excluding hydrogens is 363 g/mol. The summed E-state index contributed by atoms with van der Waals surface area (Å²) >= 11 is 16.5. The van der Waals surface area contributed by atoms with E-state index in [0.29, 0.717) is 5.76 Å². The van der Waals surface area contributed by atoms with Crippen molar-refractivity contribution < 1.29 is 22.8 Å².